The van der Waals surface area contributed by atoms with Gasteiger partial charge in [0.1, 0.15) is 6.61 Å². The minimum atomic E-state index is -0.0579. The molecule has 2 nitrogen and oxygen atoms in total. The lowest BCUT2D eigenvalue weighted by Gasteiger charge is -2.30. The second-order valence-corrected chi connectivity index (χ2v) is 6.49. The molecule has 0 saturated heterocycles. The molecule has 0 spiro atoms. The quantitative estimate of drug-likeness (QED) is 0.740. The Balaban J connectivity index is 2.14. The lowest BCUT2D eigenvalue weighted by atomic mass is 9.77. The Labute approximate surface area is 123 Å². The van der Waals surface area contributed by atoms with Gasteiger partial charge in [0.25, 0.3) is 0 Å². The standard InChI is InChI=1S/C18H27NO/c1-5-18(6-2,16-19-17(3,4)14-20-16)13-12-15-10-8-7-9-11-15/h7-11H,5-6,12-14H2,1-4H3. The highest BCUT2D eigenvalue weighted by Gasteiger charge is 2.39. The molecule has 0 saturated carbocycles. The molecule has 2 rings (SSSR count). The Hall–Kier alpha value is -1.31. The number of hydrogen-bond acceptors (Lipinski definition) is 2. The van der Waals surface area contributed by atoms with Gasteiger partial charge in [0, 0.05) is 5.41 Å². The van der Waals surface area contributed by atoms with Gasteiger partial charge < -0.3 is 4.74 Å². The van der Waals surface area contributed by atoms with Crippen LogP contribution in [0.15, 0.2) is 35.3 Å². The number of ether oxygens (including phenoxy) is 1. The summed E-state index contributed by atoms with van der Waals surface area (Å²) in [5.41, 5.74) is 1.44. The van der Waals surface area contributed by atoms with E-state index in [4.69, 9.17) is 9.73 Å². The largest absolute Gasteiger partial charge is 0.478 e. The fourth-order valence-corrected chi connectivity index (χ4v) is 2.90. The lowest BCUT2D eigenvalue weighted by Crippen LogP contribution is -2.31. The number of nitrogens with zero attached hydrogens (tertiary/aromatic N) is 1. The minimum Gasteiger partial charge on any atom is -0.478 e. The van der Waals surface area contributed by atoms with Crippen LogP contribution in [-0.2, 0) is 11.2 Å². The van der Waals surface area contributed by atoms with Crippen LogP contribution in [0.5, 0.6) is 0 Å². The van der Waals surface area contributed by atoms with Gasteiger partial charge in [0.05, 0.1) is 5.54 Å². The highest BCUT2D eigenvalue weighted by atomic mass is 16.5. The average molecular weight is 273 g/mol. The number of rotatable bonds is 6. The van der Waals surface area contributed by atoms with Crippen LogP contribution in [0.1, 0.15) is 52.5 Å². The van der Waals surface area contributed by atoms with Gasteiger partial charge in [-0.25, -0.2) is 4.99 Å². The molecule has 0 aromatic heterocycles. The normalized spacial score (nSPS) is 17.7. The first-order chi connectivity index (χ1) is 9.51. The molecule has 0 fully saturated rings. The third-order valence-corrected chi connectivity index (χ3v) is 4.51. The summed E-state index contributed by atoms with van der Waals surface area (Å²) in [4.78, 5) is 4.84. The zero-order valence-electron chi connectivity index (χ0n) is 13.3. The van der Waals surface area contributed by atoms with Gasteiger partial charge in [-0.15, -0.1) is 0 Å². The third-order valence-electron chi connectivity index (χ3n) is 4.51. The summed E-state index contributed by atoms with van der Waals surface area (Å²) in [6.07, 6.45) is 4.38. The summed E-state index contributed by atoms with van der Waals surface area (Å²) in [5.74, 6) is 0.989. The molecule has 1 aliphatic rings. The predicted molar refractivity (Wildman–Crippen MR) is 85.2 cm³/mol. The van der Waals surface area contributed by atoms with E-state index in [9.17, 15) is 0 Å². The third kappa shape index (κ3) is 3.23. The van der Waals surface area contributed by atoms with Crippen molar-refractivity contribution >= 4 is 5.90 Å². The van der Waals surface area contributed by atoms with E-state index in [-0.39, 0.29) is 11.0 Å². The van der Waals surface area contributed by atoms with E-state index in [2.05, 4.69) is 58.0 Å². The van der Waals surface area contributed by atoms with Crippen LogP contribution in [-0.4, -0.2) is 18.0 Å². The van der Waals surface area contributed by atoms with Crippen LogP contribution in [0.3, 0.4) is 0 Å². The molecule has 20 heavy (non-hydrogen) atoms. The molecule has 110 valence electrons. The van der Waals surface area contributed by atoms with Crippen LogP contribution in [0.4, 0.5) is 0 Å². The number of aryl methyl sites for hydroxylation is 1. The molecule has 1 aliphatic heterocycles. The predicted octanol–water partition coefficient (Wildman–Crippen LogP) is 4.63. The summed E-state index contributed by atoms with van der Waals surface area (Å²) in [6, 6.07) is 10.7. The Morgan fingerprint density at radius 2 is 1.80 bits per heavy atom. The van der Waals surface area contributed by atoms with E-state index in [1.54, 1.807) is 0 Å². The maximum Gasteiger partial charge on any atom is 0.190 e. The molecule has 0 N–H and O–H groups in total. The fourth-order valence-electron chi connectivity index (χ4n) is 2.90. The number of hydrogen-bond donors (Lipinski definition) is 0. The van der Waals surface area contributed by atoms with Gasteiger partial charge in [-0.3, -0.25) is 0 Å². The van der Waals surface area contributed by atoms with Crippen molar-refractivity contribution in [3.05, 3.63) is 35.9 Å². The van der Waals surface area contributed by atoms with Crippen molar-refractivity contribution < 1.29 is 4.74 Å². The van der Waals surface area contributed by atoms with Gasteiger partial charge in [0.15, 0.2) is 5.90 Å². The van der Waals surface area contributed by atoms with E-state index < -0.39 is 0 Å². The number of benzene rings is 1. The minimum absolute atomic E-state index is 0.0579. The van der Waals surface area contributed by atoms with E-state index in [1.807, 2.05) is 0 Å². The van der Waals surface area contributed by atoms with Gasteiger partial charge in [-0.1, -0.05) is 44.2 Å². The van der Waals surface area contributed by atoms with Crippen molar-refractivity contribution in [3.8, 4) is 0 Å². The fraction of sp³-hybridized carbons (Fsp3) is 0.611. The Kier molecular flexibility index (Phi) is 4.52. The van der Waals surface area contributed by atoms with Crippen LogP contribution in [0.25, 0.3) is 0 Å². The maximum atomic E-state index is 5.95. The Morgan fingerprint density at radius 1 is 1.15 bits per heavy atom. The van der Waals surface area contributed by atoms with Crippen LogP contribution < -0.4 is 0 Å². The highest BCUT2D eigenvalue weighted by Crippen LogP contribution is 2.38. The second kappa shape index (κ2) is 5.99. The van der Waals surface area contributed by atoms with E-state index in [0.717, 1.165) is 38.2 Å². The van der Waals surface area contributed by atoms with Crippen molar-refractivity contribution in [3.63, 3.8) is 0 Å². The molecule has 2 heteroatoms. The SMILES string of the molecule is CCC(CC)(CCc1ccccc1)C1=NC(C)(C)CO1. The van der Waals surface area contributed by atoms with E-state index in [1.165, 1.54) is 5.56 Å². The summed E-state index contributed by atoms with van der Waals surface area (Å²) >= 11 is 0. The second-order valence-electron chi connectivity index (χ2n) is 6.49. The Bertz CT molecular complexity index is 458. The van der Waals surface area contributed by atoms with Crippen molar-refractivity contribution in [1.29, 1.82) is 0 Å². The summed E-state index contributed by atoms with van der Waals surface area (Å²) < 4.78 is 5.95. The van der Waals surface area contributed by atoms with Gasteiger partial charge in [0.2, 0.25) is 0 Å². The molecule has 0 radical (unpaired) electrons. The molecule has 0 unspecified atom stereocenters. The molecule has 1 aromatic rings. The van der Waals surface area contributed by atoms with E-state index >= 15 is 0 Å². The van der Waals surface area contributed by atoms with Crippen molar-refractivity contribution in [2.24, 2.45) is 10.4 Å². The molecule has 0 atom stereocenters. The molecular weight excluding hydrogens is 246 g/mol. The van der Waals surface area contributed by atoms with Crippen LogP contribution in [0, 0.1) is 5.41 Å². The zero-order chi connectivity index (χ0) is 14.6. The summed E-state index contributed by atoms with van der Waals surface area (Å²) in [6.45, 7) is 9.52. The van der Waals surface area contributed by atoms with Gasteiger partial charge >= 0.3 is 0 Å². The molecule has 0 bridgehead atoms. The first kappa shape index (κ1) is 15.1. The maximum absolute atomic E-state index is 5.95. The van der Waals surface area contributed by atoms with Crippen LogP contribution in [0.2, 0.25) is 0 Å². The first-order valence-corrected chi connectivity index (χ1v) is 7.78. The smallest absolute Gasteiger partial charge is 0.190 e. The molecule has 1 heterocycles. The molecule has 1 aromatic carbocycles. The van der Waals surface area contributed by atoms with E-state index in [0.29, 0.717) is 0 Å². The van der Waals surface area contributed by atoms with Crippen molar-refractivity contribution in [2.45, 2.75) is 58.9 Å². The van der Waals surface area contributed by atoms with Gasteiger partial charge in [-0.2, -0.15) is 0 Å². The number of aliphatic imine (C=N–C) groups is 1. The lowest BCUT2D eigenvalue weighted by molar-refractivity contribution is 0.223. The first-order valence-electron chi connectivity index (χ1n) is 7.78. The average Bonchev–Trinajstić information content (AvgIpc) is 2.82. The zero-order valence-corrected chi connectivity index (χ0v) is 13.3. The highest BCUT2D eigenvalue weighted by molar-refractivity contribution is 5.84. The summed E-state index contributed by atoms with van der Waals surface area (Å²) in [7, 11) is 0. The van der Waals surface area contributed by atoms with Crippen LogP contribution >= 0.6 is 0 Å². The topological polar surface area (TPSA) is 21.6 Å². The van der Waals surface area contributed by atoms with Gasteiger partial charge in [-0.05, 0) is 45.1 Å². The van der Waals surface area contributed by atoms with Crippen molar-refractivity contribution in [2.75, 3.05) is 6.61 Å². The monoisotopic (exact) mass is 273 g/mol. The summed E-state index contributed by atoms with van der Waals surface area (Å²) in [5, 5.41) is 0. The molecule has 0 aliphatic carbocycles. The van der Waals surface area contributed by atoms with Crippen molar-refractivity contribution in [1.82, 2.24) is 0 Å². The molecule has 0 amide bonds. The molecular formula is C18H27NO. The Morgan fingerprint density at radius 3 is 2.30 bits per heavy atom.